The topological polar surface area (TPSA) is 55.6 Å². The van der Waals surface area contributed by atoms with Crippen LogP contribution in [0.4, 0.5) is 0 Å². The normalized spacial score (nSPS) is 12.7. The molecule has 1 N–H and O–H groups in total. The predicted molar refractivity (Wildman–Crippen MR) is 70.2 cm³/mol. The molecule has 5 nitrogen and oxygen atoms in total. The van der Waals surface area contributed by atoms with E-state index in [4.69, 9.17) is 0 Å². The van der Waals surface area contributed by atoms with E-state index in [1.165, 1.54) is 0 Å². The number of aryl methyl sites for hydroxylation is 3. The Morgan fingerprint density at radius 2 is 2.11 bits per heavy atom. The first-order valence-corrected chi connectivity index (χ1v) is 6.15. The largest absolute Gasteiger partial charge is 0.336 e. The maximum Gasteiger partial charge on any atom is 0.130 e. The van der Waals surface area contributed by atoms with Gasteiger partial charge in [0.05, 0.1) is 17.4 Å². The van der Waals surface area contributed by atoms with Gasteiger partial charge >= 0.3 is 0 Å². The Morgan fingerprint density at radius 3 is 2.72 bits per heavy atom. The molecule has 0 aromatic carbocycles. The SMILES string of the molecule is CCNC(c1cc(C)nnc1C)c1nccn1C. The number of nitrogens with zero attached hydrogens (tertiary/aromatic N) is 4. The zero-order chi connectivity index (χ0) is 13.1. The molecule has 0 aliphatic rings. The summed E-state index contributed by atoms with van der Waals surface area (Å²) in [5.41, 5.74) is 3.00. The quantitative estimate of drug-likeness (QED) is 0.887. The van der Waals surface area contributed by atoms with Crippen molar-refractivity contribution in [1.82, 2.24) is 25.1 Å². The van der Waals surface area contributed by atoms with E-state index >= 15 is 0 Å². The highest BCUT2D eigenvalue weighted by atomic mass is 15.1. The summed E-state index contributed by atoms with van der Waals surface area (Å²) in [6.45, 7) is 6.90. The molecule has 1 unspecified atom stereocenters. The van der Waals surface area contributed by atoms with E-state index in [0.717, 1.165) is 29.3 Å². The van der Waals surface area contributed by atoms with Crippen molar-refractivity contribution in [2.75, 3.05) is 6.54 Å². The average molecular weight is 245 g/mol. The molecule has 18 heavy (non-hydrogen) atoms. The smallest absolute Gasteiger partial charge is 0.130 e. The van der Waals surface area contributed by atoms with Gasteiger partial charge in [0, 0.05) is 25.0 Å². The molecule has 2 aromatic heterocycles. The Bertz CT molecular complexity index is 532. The van der Waals surface area contributed by atoms with E-state index in [9.17, 15) is 0 Å². The molecule has 0 amide bonds. The number of aromatic nitrogens is 4. The molecule has 0 fully saturated rings. The minimum atomic E-state index is 0.0594. The molecule has 0 spiro atoms. The van der Waals surface area contributed by atoms with Gasteiger partial charge < -0.3 is 9.88 Å². The maximum atomic E-state index is 4.43. The van der Waals surface area contributed by atoms with Crippen LogP contribution in [0.15, 0.2) is 18.5 Å². The van der Waals surface area contributed by atoms with Crippen molar-refractivity contribution in [3.63, 3.8) is 0 Å². The summed E-state index contributed by atoms with van der Waals surface area (Å²) in [6, 6.07) is 2.13. The lowest BCUT2D eigenvalue weighted by Gasteiger charge is -2.19. The summed E-state index contributed by atoms with van der Waals surface area (Å²) in [4.78, 5) is 4.43. The molecule has 2 rings (SSSR count). The number of nitrogens with one attached hydrogen (secondary N) is 1. The molecule has 0 saturated carbocycles. The molecule has 2 aromatic rings. The van der Waals surface area contributed by atoms with E-state index in [1.807, 2.05) is 37.9 Å². The van der Waals surface area contributed by atoms with Gasteiger partial charge in [0.25, 0.3) is 0 Å². The van der Waals surface area contributed by atoms with Gasteiger partial charge in [-0.2, -0.15) is 10.2 Å². The summed E-state index contributed by atoms with van der Waals surface area (Å²) >= 11 is 0. The van der Waals surface area contributed by atoms with Gasteiger partial charge in [-0.05, 0) is 26.5 Å². The zero-order valence-corrected chi connectivity index (χ0v) is 11.3. The summed E-state index contributed by atoms with van der Waals surface area (Å²) in [5.74, 6) is 0.993. The van der Waals surface area contributed by atoms with Gasteiger partial charge in [-0.15, -0.1) is 0 Å². The van der Waals surface area contributed by atoms with Gasteiger partial charge in [0.2, 0.25) is 0 Å². The molecule has 96 valence electrons. The van der Waals surface area contributed by atoms with Gasteiger partial charge in [-0.1, -0.05) is 6.92 Å². The monoisotopic (exact) mass is 245 g/mol. The third-order valence-corrected chi connectivity index (χ3v) is 2.98. The third kappa shape index (κ3) is 2.41. The van der Waals surface area contributed by atoms with Crippen molar-refractivity contribution in [3.05, 3.63) is 41.2 Å². The van der Waals surface area contributed by atoms with Crippen LogP contribution < -0.4 is 5.32 Å². The summed E-state index contributed by atoms with van der Waals surface area (Å²) < 4.78 is 2.03. The minimum Gasteiger partial charge on any atom is -0.336 e. The average Bonchev–Trinajstić information content (AvgIpc) is 2.76. The highest BCUT2D eigenvalue weighted by Crippen LogP contribution is 2.22. The van der Waals surface area contributed by atoms with Crippen LogP contribution in [0, 0.1) is 13.8 Å². The van der Waals surface area contributed by atoms with Crippen molar-refractivity contribution in [2.45, 2.75) is 26.8 Å². The van der Waals surface area contributed by atoms with Crippen LogP contribution in [0.25, 0.3) is 0 Å². The van der Waals surface area contributed by atoms with Crippen LogP contribution in [0.1, 0.15) is 35.7 Å². The van der Waals surface area contributed by atoms with E-state index in [1.54, 1.807) is 0 Å². The maximum absolute atomic E-state index is 4.43. The van der Waals surface area contributed by atoms with Crippen LogP contribution in [-0.2, 0) is 7.05 Å². The summed E-state index contributed by atoms with van der Waals surface area (Å²) in [5, 5.41) is 11.7. The first-order chi connectivity index (χ1) is 8.63. The summed E-state index contributed by atoms with van der Waals surface area (Å²) in [7, 11) is 2.00. The Balaban J connectivity index is 2.48. The van der Waals surface area contributed by atoms with Crippen molar-refractivity contribution in [1.29, 1.82) is 0 Å². The minimum absolute atomic E-state index is 0.0594. The fraction of sp³-hybridized carbons (Fsp3) is 0.462. The van der Waals surface area contributed by atoms with Gasteiger partial charge in [-0.25, -0.2) is 4.98 Å². The Labute approximate surface area is 107 Å². The molecule has 0 saturated heterocycles. The second-order valence-electron chi connectivity index (χ2n) is 4.41. The van der Waals surface area contributed by atoms with Gasteiger partial charge in [-0.3, -0.25) is 0 Å². The number of hydrogen-bond donors (Lipinski definition) is 1. The standard InChI is InChI=1S/C13H19N5/c1-5-14-12(13-15-6-7-18(13)4)11-8-9(2)16-17-10(11)3/h6-8,12,14H,5H2,1-4H3. The Morgan fingerprint density at radius 1 is 1.33 bits per heavy atom. The van der Waals surface area contributed by atoms with Crippen molar-refractivity contribution in [2.24, 2.45) is 7.05 Å². The molecule has 0 aliphatic heterocycles. The molecular formula is C13H19N5. The van der Waals surface area contributed by atoms with Gasteiger partial charge in [0.15, 0.2) is 0 Å². The fourth-order valence-corrected chi connectivity index (χ4v) is 2.06. The van der Waals surface area contributed by atoms with E-state index < -0.39 is 0 Å². The fourth-order valence-electron chi connectivity index (χ4n) is 2.06. The predicted octanol–water partition coefficient (Wildman–Crippen LogP) is 1.53. The second kappa shape index (κ2) is 5.27. The van der Waals surface area contributed by atoms with Gasteiger partial charge in [0.1, 0.15) is 5.82 Å². The summed E-state index contributed by atoms with van der Waals surface area (Å²) in [6.07, 6.45) is 3.77. The molecule has 1 atom stereocenters. The molecular weight excluding hydrogens is 226 g/mol. The molecule has 0 bridgehead atoms. The molecule has 0 radical (unpaired) electrons. The lowest BCUT2D eigenvalue weighted by atomic mass is 10.0. The van der Waals surface area contributed by atoms with Crippen LogP contribution in [0.3, 0.4) is 0 Å². The lowest BCUT2D eigenvalue weighted by molar-refractivity contribution is 0.570. The Kier molecular flexibility index (Phi) is 3.72. The molecule has 5 heteroatoms. The number of rotatable bonds is 4. The molecule has 2 heterocycles. The molecule has 0 aliphatic carbocycles. The third-order valence-electron chi connectivity index (χ3n) is 2.98. The lowest BCUT2D eigenvalue weighted by Crippen LogP contribution is -2.26. The number of imidazole rings is 1. The Hall–Kier alpha value is -1.75. The second-order valence-corrected chi connectivity index (χ2v) is 4.41. The van der Waals surface area contributed by atoms with E-state index in [2.05, 4.69) is 33.5 Å². The first-order valence-electron chi connectivity index (χ1n) is 6.15. The first kappa shape index (κ1) is 12.7. The van der Waals surface area contributed by atoms with Crippen LogP contribution in [0.5, 0.6) is 0 Å². The van der Waals surface area contributed by atoms with Crippen molar-refractivity contribution < 1.29 is 0 Å². The van der Waals surface area contributed by atoms with Crippen molar-refractivity contribution in [3.8, 4) is 0 Å². The van der Waals surface area contributed by atoms with Crippen LogP contribution >= 0.6 is 0 Å². The van der Waals surface area contributed by atoms with Crippen molar-refractivity contribution >= 4 is 0 Å². The highest BCUT2D eigenvalue weighted by molar-refractivity contribution is 5.29. The van der Waals surface area contributed by atoms with Crippen LogP contribution in [0.2, 0.25) is 0 Å². The van der Waals surface area contributed by atoms with E-state index in [0.29, 0.717) is 0 Å². The highest BCUT2D eigenvalue weighted by Gasteiger charge is 2.20. The van der Waals surface area contributed by atoms with E-state index in [-0.39, 0.29) is 6.04 Å². The number of hydrogen-bond acceptors (Lipinski definition) is 4. The zero-order valence-electron chi connectivity index (χ0n) is 11.3. The van der Waals surface area contributed by atoms with Crippen LogP contribution in [-0.4, -0.2) is 26.3 Å².